The Morgan fingerprint density at radius 2 is 1.83 bits per heavy atom. The number of carbonyl (C=O) groups excluding carboxylic acids is 3. The lowest BCUT2D eigenvalue weighted by molar-refractivity contribution is -0.127. The maximum absolute atomic E-state index is 15.2. The second-order valence-corrected chi connectivity index (χ2v) is 12.8. The summed E-state index contributed by atoms with van der Waals surface area (Å²) in [5, 5.41) is 2.94. The normalized spacial score (nSPS) is 21.3. The molecule has 5 rings (SSSR count). The molecular formula is C35H41FN4O6. The standard InChI is InChI=1S/C35H41FN4O6/c1-7-40(33(43)46-34(2,3)4)28-19-22(36)18-26-30(28)38-32(42)35(26,5)39-17-16-24(27(37)20-39)25-10-8-9-11-29(25)45-23-14-12-21(13-15-23)31(41)44-6/h8-15,18-19,24,27H,7,16-17,20,37H2,1-6H3,(H,38,42)/t24-,27+,35?/m1/s1. The fourth-order valence-corrected chi connectivity index (χ4v) is 6.26. The SMILES string of the molecule is CCN(C(=O)OC(C)(C)C)c1cc(F)cc2c1NC(=O)C2(C)N1CC[C@H](c2ccccc2Oc2ccc(C(=O)OC)cc2)[C@@H](N)C1. The quantitative estimate of drug-likeness (QED) is 0.298. The van der Waals surface area contributed by atoms with E-state index in [0.29, 0.717) is 47.8 Å². The summed E-state index contributed by atoms with van der Waals surface area (Å²) in [4.78, 5) is 41.9. The van der Waals surface area contributed by atoms with E-state index < -0.39 is 29.0 Å². The zero-order valence-electron chi connectivity index (χ0n) is 27.1. The Hall–Kier alpha value is -4.48. The van der Waals surface area contributed by atoms with Gasteiger partial charge in [0.15, 0.2) is 0 Å². The molecule has 2 aliphatic heterocycles. The predicted molar refractivity (Wildman–Crippen MR) is 173 cm³/mol. The van der Waals surface area contributed by atoms with Crippen LogP contribution in [-0.4, -0.2) is 61.3 Å². The van der Waals surface area contributed by atoms with Crippen LogP contribution in [0.4, 0.5) is 20.6 Å². The number of likely N-dealkylation sites (tertiary alicyclic amines) is 1. The van der Waals surface area contributed by atoms with E-state index in [1.165, 1.54) is 24.1 Å². The van der Waals surface area contributed by atoms with E-state index in [9.17, 15) is 14.4 Å². The summed E-state index contributed by atoms with van der Waals surface area (Å²) in [5.41, 5.74) is 7.27. The molecule has 2 amide bonds. The number of piperidine rings is 1. The van der Waals surface area contributed by atoms with E-state index in [1.807, 2.05) is 29.2 Å². The van der Waals surface area contributed by atoms with Gasteiger partial charge in [-0.3, -0.25) is 14.6 Å². The van der Waals surface area contributed by atoms with Crippen molar-refractivity contribution in [2.75, 3.05) is 37.0 Å². The van der Waals surface area contributed by atoms with Crippen molar-refractivity contribution in [2.24, 2.45) is 5.73 Å². The van der Waals surface area contributed by atoms with E-state index in [2.05, 4.69) is 5.32 Å². The van der Waals surface area contributed by atoms with Gasteiger partial charge in [-0.15, -0.1) is 0 Å². The summed E-state index contributed by atoms with van der Waals surface area (Å²) in [6.45, 7) is 9.87. The summed E-state index contributed by atoms with van der Waals surface area (Å²) >= 11 is 0. The monoisotopic (exact) mass is 632 g/mol. The molecule has 3 atom stereocenters. The van der Waals surface area contributed by atoms with Crippen molar-refractivity contribution in [1.82, 2.24) is 4.90 Å². The van der Waals surface area contributed by atoms with Crippen molar-refractivity contribution >= 4 is 29.3 Å². The van der Waals surface area contributed by atoms with E-state index >= 15 is 4.39 Å². The van der Waals surface area contributed by atoms with Gasteiger partial charge in [0, 0.05) is 37.2 Å². The Morgan fingerprint density at radius 3 is 2.46 bits per heavy atom. The molecule has 3 N–H and O–H groups in total. The second kappa shape index (κ2) is 12.7. The number of fused-ring (bicyclic) bond motifs is 1. The molecule has 0 aromatic heterocycles. The van der Waals surface area contributed by atoms with Crippen LogP contribution in [0.3, 0.4) is 0 Å². The van der Waals surface area contributed by atoms with E-state index in [4.69, 9.17) is 19.9 Å². The average Bonchev–Trinajstić information content (AvgIpc) is 3.27. The van der Waals surface area contributed by atoms with Crippen molar-refractivity contribution in [3.8, 4) is 11.5 Å². The van der Waals surface area contributed by atoms with E-state index in [0.717, 1.165) is 5.56 Å². The highest BCUT2D eigenvalue weighted by Crippen LogP contribution is 2.48. The molecule has 3 aromatic rings. The molecule has 1 fully saturated rings. The first kappa shape index (κ1) is 32.9. The lowest BCUT2D eigenvalue weighted by atomic mass is 9.81. The summed E-state index contributed by atoms with van der Waals surface area (Å²) in [6.07, 6.45) is -0.0175. The van der Waals surface area contributed by atoms with E-state index in [-0.39, 0.29) is 30.1 Å². The highest BCUT2D eigenvalue weighted by atomic mass is 19.1. The van der Waals surface area contributed by atoms with Crippen LogP contribution in [0.2, 0.25) is 0 Å². The number of para-hydroxylation sites is 1. The molecule has 2 heterocycles. The number of hydrogen-bond acceptors (Lipinski definition) is 8. The van der Waals surface area contributed by atoms with Gasteiger partial charge in [0.05, 0.1) is 24.0 Å². The minimum atomic E-state index is -1.22. The number of ether oxygens (including phenoxy) is 3. The number of anilines is 2. The van der Waals surface area contributed by atoms with Crippen LogP contribution >= 0.6 is 0 Å². The molecule has 244 valence electrons. The number of halogens is 1. The maximum atomic E-state index is 15.2. The number of amides is 2. The number of esters is 1. The molecule has 3 aromatic carbocycles. The van der Waals surface area contributed by atoms with Gasteiger partial charge in [0.2, 0.25) is 5.91 Å². The third-order valence-corrected chi connectivity index (χ3v) is 8.62. The highest BCUT2D eigenvalue weighted by Gasteiger charge is 2.51. The Labute approximate surface area is 268 Å². The number of hydrogen-bond donors (Lipinski definition) is 2. The molecule has 2 aliphatic rings. The average molecular weight is 633 g/mol. The van der Waals surface area contributed by atoms with Crippen molar-refractivity contribution < 1.29 is 33.0 Å². The number of nitrogens with two attached hydrogens (primary N) is 1. The number of benzene rings is 3. The van der Waals surface area contributed by atoms with Crippen LogP contribution in [0.15, 0.2) is 60.7 Å². The first-order valence-corrected chi connectivity index (χ1v) is 15.4. The van der Waals surface area contributed by atoms with Crippen molar-refractivity contribution in [2.45, 2.75) is 64.1 Å². The lowest BCUT2D eigenvalue weighted by Gasteiger charge is -2.44. The molecule has 0 radical (unpaired) electrons. The second-order valence-electron chi connectivity index (χ2n) is 12.8. The zero-order valence-corrected chi connectivity index (χ0v) is 27.1. The molecular weight excluding hydrogens is 591 g/mol. The Balaban J connectivity index is 1.39. The van der Waals surface area contributed by atoms with Crippen LogP contribution in [0.5, 0.6) is 11.5 Å². The van der Waals surface area contributed by atoms with Gasteiger partial charge < -0.3 is 25.3 Å². The fraction of sp³-hybridized carbons (Fsp3) is 0.400. The Kier molecular flexibility index (Phi) is 9.10. The Morgan fingerprint density at radius 1 is 1.13 bits per heavy atom. The van der Waals surface area contributed by atoms with Crippen LogP contribution in [-0.2, 0) is 19.8 Å². The number of methoxy groups -OCH3 is 1. The fourth-order valence-electron chi connectivity index (χ4n) is 6.26. The third-order valence-electron chi connectivity index (χ3n) is 8.62. The highest BCUT2D eigenvalue weighted by molar-refractivity contribution is 6.10. The van der Waals surface area contributed by atoms with E-state index in [1.54, 1.807) is 58.9 Å². The minimum absolute atomic E-state index is 0.0832. The summed E-state index contributed by atoms with van der Waals surface area (Å²) in [7, 11) is 1.33. The number of nitrogens with zero attached hydrogens (tertiary/aromatic N) is 2. The molecule has 0 bridgehead atoms. The lowest BCUT2D eigenvalue weighted by Crippen LogP contribution is -2.57. The minimum Gasteiger partial charge on any atom is -0.465 e. The smallest absolute Gasteiger partial charge is 0.414 e. The van der Waals surface area contributed by atoms with Crippen molar-refractivity contribution in [3.63, 3.8) is 0 Å². The zero-order chi connectivity index (χ0) is 33.4. The van der Waals surface area contributed by atoms with Gasteiger partial charge in [0.25, 0.3) is 0 Å². The van der Waals surface area contributed by atoms with Gasteiger partial charge in [-0.2, -0.15) is 0 Å². The predicted octanol–water partition coefficient (Wildman–Crippen LogP) is 6.15. The van der Waals surface area contributed by atoms with Crippen LogP contribution in [0, 0.1) is 5.82 Å². The van der Waals surface area contributed by atoms with Gasteiger partial charge in [-0.05, 0) is 89.1 Å². The van der Waals surface area contributed by atoms with Gasteiger partial charge >= 0.3 is 12.1 Å². The number of carbonyl (C=O) groups is 3. The molecule has 10 nitrogen and oxygen atoms in total. The summed E-state index contributed by atoms with van der Waals surface area (Å²) in [5.74, 6) is -0.196. The van der Waals surface area contributed by atoms with Crippen molar-refractivity contribution in [3.05, 3.63) is 83.2 Å². The van der Waals surface area contributed by atoms with Gasteiger partial charge in [-0.1, -0.05) is 18.2 Å². The first-order chi connectivity index (χ1) is 21.8. The molecule has 0 saturated carbocycles. The molecule has 11 heteroatoms. The van der Waals surface area contributed by atoms with Crippen LogP contribution in [0.25, 0.3) is 0 Å². The van der Waals surface area contributed by atoms with Gasteiger partial charge in [0.1, 0.15) is 28.5 Å². The van der Waals surface area contributed by atoms with Crippen LogP contribution in [0.1, 0.15) is 68.4 Å². The molecule has 46 heavy (non-hydrogen) atoms. The Bertz CT molecular complexity index is 1640. The summed E-state index contributed by atoms with van der Waals surface area (Å²) < 4.78 is 31.8. The summed E-state index contributed by atoms with van der Waals surface area (Å²) in [6, 6.07) is 16.6. The largest absolute Gasteiger partial charge is 0.465 e. The molecule has 0 aliphatic carbocycles. The molecule has 1 unspecified atom stereocenters. The first-order valence-electron chi connectivity index (χ1n) is 15.4. The molecule has 1 saturated heterocycles. The number of nitrogens with one attached hydrogen (secondary N) is 1. The van der Waals surface area contributed by atoms with Crippen LogP contribution < -0.4 is 20.7 Å². The maximum Gasteiger partial charge on any atom is 0.414 e. The van der Waals surface area contributed by atoms with Crippen molar-refractivity contribution in [1.29, 1.82) is 0 Å². The van der Waals surface area contributed by atoms with Gasteiger partial charge in [-0.25, -0.2) is 14.0 Å². The topological polar surface area (TPSA) is 123 Å². The number of rotatable bonds is 7. The molecule has 0 spiro atoms. The third kappa shape index (κ3) is 6.29.